The first kappa shape index (κ1) is 7.40. The number of hydrogen-bond donors (Lipinski definition) is 2. The zero-order valence-electron chi connectivity index (χ0n) is 5.78. The molecule has 0 radical (unpaired) electrons. The number of nitrogen functional groups attached to an aromatic ring is 1. The van der Waals surface area contributed by atoms with E-state index in [0.29, 0.717) is 11.4 Å². The van der Waals surface area contributed by atoms with Gasteiger partial charge in [0.1, 0.15) is 5.75 Å². The summed E-state index contributed by atoms with van der Waals surface area (Å²) in [5.41, 5.74) is 10.7. The number of rotatable bonds is 1. The molecule has 0 aromatic heterocycles. The monoisotopic (exact) mass is 152 g/mol. The predicted molar refractivity (Wildman–Crippen MR) is 41.1 cm³/mol. The van der Waals surface area contributed by atoms with Crippen LogP contribution in [-0.4, -0.2) is 6.09 Å². The summed E-state index contributed by atoms with van der Waals surface area (Å²) in [6.07, 6.45) is -0.837. The van der Waals surface area contributed by atoms with E-state index in [1.165, 1.54) is 6.07 Å². The highest BCUT2D eigenvalue weighted by atomic mass is 16.5. The Kier molecular flexibility index (Phi) is 1.96. The minimum atomic E-state index is -0.837. The van der Waals surface area contributed by atoms with Gasteiger partial charge in [-0.25, -0.2) is 4.79 Å². The first-order chi connectivity index (χ1) is 5.18. The maximum atomic E-state index is 10.2. The van der Waals surface area contributed by atoms with E-state index < -0.39 is 6.09 Å². The molecule has 0 atom stereocenters. The van der Waals surface area contributed by atoms with Gasteiger partial charge in [0.2, 0.25) is 0 Å². The highest BCUT2D eigenvalue weighted by Crippen LogP contribution is 2.13. The first-order valence-electron chi connectivity index (χ1n) is 3.01. The van der Waals surface area contributed by atoms with Crippen LogP contribution >= 0.6 is 0 Å². The van der Waals surface area contributed by atoms with Crippen molar-refractivity contribution in [1.82, 2.24) is 0 Å². The number of hydrogen-bond acceptors (Lipinski definition) is 3. The summed E-state index contributed by atoms with van der Waals surface area (Å²) in [6.45, 7) is 0. The molecular formula is C7H8N2O2. The first-order valence-corrected chi connectivity index (χ1v) is 3.01. The second-order valence-corrected chi connectivity index (χ2v) is 1.99. The highest BCUT2D eigenvalue weighted by Gasteiger charge is 1.96. The fraction of sp³-hybridized carbons (Fsp3) is 0. The van der Waals surface area contributed by atoms with Crippen LogP contribution in [0.1, 0.15) is 0 Å². The smallest absolute Gasteiger partial charge is 0.409 e. The van der Waals surface area contributed by atoms with Gasteiger partial charge in [0, 0.05) is 11.8 Å². The lowest BCUT2D eigenvalue weighted by molar-refractivity contribution is 0.211. The van der Waals surface area contributed by atoms with Crippen molar-refractivity contribution >= 4 is 11.8 Å². The highest BCUT2D eigenvalue weighted by molar-refractivity contribution is 5.68. The molecule has 1 amide bonds. The number of ether oxygens (including phenoxy) is 1. The molecule has 1 aromatic rings. The van der Waals surface area contributed by atoms with Gasteiger partial charge in [0.15, 0.2) is 0 Å². The maximum absolute atomic E-state index is 10.2. The molecule has 0 spiro atoms. The van der Waals surface area contributed by atoms with Crippen molar-refractivity contribution in [3.63, 3.8) is 0 Å². The largest absolute Gasteiger partial charge is 0.410 e. The molecule has 0 saturated heterocycles. The van der Waals surface area contributed by atoms with Gasteiger partial charge in [-0.2, -0.15) is 0 Å². The molecule has 4 nitrogen and oxygen atoms in total. The van der Waals surface area contributed by atoms with Gasteiger partial charge < -0.3 is 16.2 Å². The lowest BCUT2D eigenvalue weighted by Gasteiger charge is -1.99. The van der Waals surface area contributed by atoms with Crippen LogP contribution in [0.3, 0.4) is 0 Å². The summed E-state index contributed by atoms with van der Waals surface area (Å²) in [4.78, 5) is 10.2. The summed E-state index contributed by atoms with van der Waals surface area (Å²) in [5, 5.41) is 0. The molecule has 0 aliphatic heterocycles. The van der Waals surface area contributed by atoms with Gasteiger partial charge in [-0.3, -0.25) is 0 Å². The third kappa shape index (κ3) is 2.17. The molecular weight excluding hydrogens is 144 g/mol. The quantitative estimate of drug-likeness (QED) is 0.582. The summed E-state index contributed by atoms with van der Waals surface area (Å²) >= 11 is 0. The molecule has 4 N–H and O–H groups in total. The molecule has 0 aliphatic rings. The average molecular weight is 152 g/mol. The van der Waals surface area contributed by atoms with Crippen molar-refractivity contribution in [2.45, 2.75) is 0 Å². The summed E-state index contributed by atoms with van der Waals surface area (Å²) in [7, 11) is 0. The Labute approximate surface area is 63.8 Å². The van der Waals surface area contributed by atoms with Crippen molar-refractivity contribution in [2.75, 3.05) is 5.73 Å². The van der Waals surface area contributed by atoms with Crippen LogP contribution in [0.25, 0.3) is 0 Å². The maximum Gasteiger partial charge on any atom is 0.409 e. The third-order valence-electron chi connectivity index (χ3n) is 1.08. The Morgan fingerprint density at radius 1 is 1.45 bits per heavy atom. The molecule has 0 heterocycles. The molecule has 0 saturated carbocycles. The Morgan fingerprint density at radius 3 is 2.73 bits per heavy atom. The number of anilines is 1. The van der Waals surface area contributed by atoms with E-state index in [1.807, 2.05) is 0 Å². The number of carbonyl (C=O) groups is 1. The summed E-state index contributed by atoms with van der Waals surface area (Å²) in [5.74, 6) is 0.359. The Bertz CT molecular complexity index is 273. The molecule has 0 aliphatic carbocycles. The predicted octanol–water partition coefficient (Wildman–Crippen LogP) is 0.726. The van der Waals surface area contributed by atoms with E-state index >= 15 is 0 Å². The second-order valence-electron chi connectivity index (χ2n) is 1.99. The van der Waals surface area contributed by atoms with Crippen LogP contribution in [0.5, 0.6) is 5.75 Å². The van der Waals surface area contributed by atoms with Crippen LogP contribution in [0.4, 0.5) is 10.5 Å². The Hall–Kier alpha value is -1.71. The van der Waals surface area contributed by atoms with Crippen molar-refractivity contribution in [3.8, 4) is 5.75 Å². The van der Waals surface area contributed by atoms with E-state index in [2.05, 4.69) is 4.74 Å². The average Bonchev–Trinajstić information content (AvgIpc) is 1.85. The molecule has 11 heavy (non-hydrogen) atoms. The topological polar surface area (TPSA) is 78.3 Å². The lowest BCUT2D eigenvalue weighted by atomic mass is 10.3. The molecule has 0 unspecified atom stereocenters. The molecule has 4 heteroatoms. The fourth-order valence-electron chi connectivity index (χ4n) is 0.694. The molecule has 58 valence electrons. The second kappa shape index (κ2) is 2.92. The molecule has 0 bridgehead atoms. The SMILES string of the molecule is NC(=O)Oc1cccc(N)c1. The van der Waals surface area contributed by atoms with Crippen molar-refractivity contribution < 1.29 is 9.53 Å². The normalized spacial score (nSPS) is 9.09. The van der Waals surface area contributed by atoms with Crippen molar-refractivity contribution in [3.05, 3.63) is 24.3 Å². The summed E-state index contributed by atoms with van der Waals surface area (Å²) in [6, 6.07) is 6.48. The third-order valence-corrected chi connectivity index (χ3v) is 1.08. The Balaban J connectivity index is 2.79. The van der Waals surface area contributed by atoms with Crippen LogP contribution in [0.15, 0.2) is 24.3 Å². The minimum Gasteiger partial charge on any atom is -0.410 e. The van der Waals surface area contributed by atoms with Gasteiger partial charge in [-0.15, -0.1) is 0 Å². The van der Waals surface area contributed by atoms with Gasteiger partial charge in [0.25, 0.3) is 0 Å². The van der Waals surface area contributed by atoms with Crippen LogP contribution in [-0.2, 0) is 0 Å². The van der Waals surface area contributed by atoms with Crippen LogP contribution < -0.4 is 16.2 Å². The van der Waals surface area contributed by atoms with Crippen LogP contribution in [0, 0.1) is 0 Å². The molecule has 1 aromatic carbocycles. The number of carbonyl (C=O) groups excluding carboxylic acids is 1. The standard InChI is InChI=1S/C7H8N2O2/c8-5-2-1-3-6(4-5)11-7(9)10/h1-4H,8H2,(H2,9,10). The fourth-order valence-corrected chi connectivity index (χ4v) is 0.694. The van der Waals surface area contributed by atoms with E-state index in [0.717, 1.165) is 0 Å². The van der Waals surface area contributed by atoms with E-state index in [4.69, 9.17) is 11.5 Å². The number of primary amides is 1. The summed E-state index contributed by atoms with van der Waals surface area (Å²) < 4.78 is 4.55. The lowest BCUT2D eigenvalue weighted by Crippen LogP contribution is -2.16. The van der Waals surface area contributed by atoms with Gasteiger partial charge in [0.05, 0.1) is 0 Å². The molecule has 0 fully saturated rings. The Morgan fingerprint density at radius 2 is 2.18 bits per heavy atom. The van der Waals surface area contributed by atoms with Crippen molar-refractivity contribution in [1.29, 1.82) is 0 Å². The van der Waals surface area contributed by atoms with Gasteiger partial charge in [-0.1, -0.05) is 6.07 Å². The van der Waals surface area contributed by atoms with Crippen LogP contribution in [0.2, 0.25) is 0 Å². The zero-order valence-corrected chi connectivity index (χ0v) is 5.78. The van der Waals surface area contributed by atoms with Gasteiger partial charge in [-0.05, 0) is 12.1 Å². The zero-order chi connectivity index (χ0) is 8.27. The van der Waals surface area contributed by atoms with Gasteiger partial charge >= 0.3 is 6.09 Å². The number of benzene rings is 1. The van der Waals surface area contributed by atoms with E-state index in [1.54, 1.807) is 18.2 Å². The van der Waals surface area contributed by atoms with E-state index in [9.17, 15) is 4.79 Å². The minimum absolute atomic E-state index is 0.359. The van der Waals surface area contributed by atoms with Crippen molar-refractivity contribution in [2.24, 2.45) is 5.73 Å². The molecule has 1 rings (SSSR count). The van der Waals surface area contributed by atoms with E-state index in [-0.39, 0.29) is 0 Å². The number of amides is 1. The number of nitrogens with two attached hydrogens (primary N) is 2.